The molecule has 1 aliphatic rings. The van der Waals surface area contributed by atoms with E-state index >= 15 is 4.39 Å². The molecule has 1 fully saturated rings. The zero-order chi connectivity index (χ0) is 24.2. The zero-order valence-corrected chi connectivity index (χ0v) is 19.6. The topological polar surface area (TPSA) is 116 Å². The highest BCUT2D eigenvalue weighted by Crippen LogP contribution is 2.35. The highest BCUT2D eigenvalue weighted by atomic mass is 19.1. The summed E-state index contributed by atoms with van der Waals surface area (Å²) in [5.41, 5.74) is -0.700. The molecule has 184 valence electrons. The van der Waals surface area contributed by atoms with Gasteiger partial charge in [-0.25, -0.2) is 4.39 Å². The van der Waals surface area contributed by atoms with E-state index in [1.54, 1.807) is 0 Å². The van der Waals surface area contributed by atoms with Gasteiger partial charge in [-0.2, -0.15) is 0 Å². The van der Waals surface area contributed by atoms with Gasteiger partial charge in [-0.3, -0.25) is 4.79 Å². The van der Waals surface area contributed by atoms with Crippen molar-refractivity contribution < 1.29 is 37.8 Å². The SMILES string of the molecule is COCC(COC)(COC)NC(=O)c1noc2c(F)c(N3C[C@@H](C)O[C@@H](C)C3)c(CO)cc12. The van der Waals surface area contributed by atoms with Crippen LogP contribution in [-0.4, -0.2) is 88.2 Å². The second-order valence-electron chi connectivity index (χ2n) is 8.46. The average Bonchev–Trinajstić information content (AvgIpc) is 3.18. The molecule has 1 aromatic heterocycles. The van der Waals surface area contributed by atoms with Gasteiger partial charge in [0.15, 0.2) is 11.5 Å². The lowest BCUT2D eigenvalue weighted by atomic mass is 10.0. The van der Waals surface area contributed by atoms with Crippen LogP contribution < -0.4 is 10.2 Å². The molecule has 2 N–H and O–H groups in total. The van der Waals surface area contributed by atoms with Gasteiger partial charge in [-0.05, 0) is 19.9 Å². The summed E-state index contributed by atoms with van der Waals surface area (Å²) in [6.07, 6.45) is -0.219. The lowest BCUT2D eigenvalue weighted by molar-refractivity contribution is -0.00550. The number of nitrogens with one attached hydrogen (secondary N) is 1. The Labute approximate surface area is 191 Å². The summed E-state index contributed by atoms with van der Waals surface area (Å²) in [5, 5.41) is 16.8. The van der Waals surface area contributed by atoms with E-state index in [-0.39, 0.29) is 54.4 Å². The molecule has 2 atom stereocenters. The molecular formula is C22H32FN3O7. The quantitative estimate of drug-likeness (QED) is 0.534. The number of methoxy groups -OCH3 is 3. The van der Waals surface area contributed by atoms with Crippen molar-refractivity contribution in [1.29, 1.82) is 0 Å². The predicted molar refractivity (Wildman–Crippen MR) is 118 cm³/mol. The van der Waals surface area contributed by atoms with Crippen molar-refractivity contribution in [2.75, 3.05) is 59.1 Å². The minimum absolute atomic E-state index is 0.109. The minimum atomic E-state index is -0.987. The van der Waals surface area contributed by atoms with Crippen molar-refractivity contribution in [3.05, 3.63) is 23.1 Å². The van der Waals surface area contributed by atoms with Crippen LogP contribution in [0.2, 0.25) is 0 Å². The Bertz CT molecular complexity index is 940. The number of morpholine rings is 1. The lowest BCUT2D eigenvalue weighted by Gasteiger charge is -2.37. The summed E-state index contributed by atoms with van der Waals surface area (Å²) in [7, 11) is 4.49. The zero-order valence-electron chi connectivity index (χ0n) is 19.6. The first-order valence-electron chi connectivity index (χ1n) is 10.7. The largest absolute Gasteiger partial charge is 0.392 e. The lowest BCUT2D eigenvalue weighted by Crippen LogP contribution is -2.58. The van der Waals surface area contributed by atoms with Gasteiger partial charge in [0.1, 0.15) is 5.54 Å². The first-order valence-corrected chi connectivity index (χ1v) is 10.7. The molecule has 11 heteroatoms. The average molecular weight is 470 g/mol. The van der Waals surface area contributed by atoms with Crippen molar-refractivity contribution in [3.8, 4) is 0 Å². The molecule has 0 bridgehead atoms. The number of anilines is 1. The third-order valence-corrected chi connectivity index (χ3v) is 5.52. The van der Waals surface area contributed by atoms with Gasteiger partial charge in [0, 0.05) is 40.0 Å². The van der Waals surface area contributed by atoms with Crippen LogP contribution in [0.15, 0.2) is 10.6 Å². The minimum Gasteiger partial charge on any atom is -0.392 e. The highest BCUT2D eigenvalue weighted by Gasteiger charge is 2.35. The van der Waals surface area contributed by atoms with E-state index in [0.29, 0.717) is 18.7 Å². The molecule has 0 saturated carbocycles. The first kappa shape index (κ1) is 25.3. The van der Waals surface area contributed by atoms with Crippen LogP contribution in [-0.2, 0) is 25.6 Å². The number of rotatable bonds is 10. The molecule has 2 heterocycles. The maximum atomic E-state index is 15.6. The Morgan fingerprint density at radius 3 is 2.30 bits per heavy atom. The monoisotopic (exact) mass is 469 g/mol. The number of ether oxygens (including phenoxy) is 4. The van der Waals surface area contributed by atoms with Crippen LogP contribution in [0.4, 0.5) is 10.1 Å². The summed E-state index contributed by atoms with van der Waals surface area (Å²) in [4.78, 5) is 15.0. The molecule has 1 aromatic carbocycles. The maximum absolute atomic E-state index is 15.6. The number of hydrogen-bond donors (Lipinski definition) is 2. The second kappa shape index (κ2) is 10.7. The third-order valence-electron chi connectivity index (χ3n) is 5.52. The molecule has 1 aliphatic heterocycles. The Morgan fingerprint density at radius 2 is 1.79 bits per heavy atom. The number of aromatic nitrogens is 1. The Balaban J connectivity index is 2.00. The maximum Gasteiger partial charge on any atom is 0.274 e. The number of fused-ring (bicyclic) bond motifs is 1. The summed E-state index contributed by atoms with van der Waals surface area (Å²) in [6.45, 7) is 4.64. The number of carbonyl (C=O) groups is 1. The number of aliphatic hydroxyl groups excluding tert-OH is 1. The molecule has 0 radical (unpaired) electrons. The fourth-order valence-electron chi connectivity index (χ4n) is 4.43. The van der Waals surface area contributed by atoms with Crippen molar-refractivity contribution >= 4 is 22.6 Å². The third kappa shape index (κ3) is 5.28. The van der Waals surface area contributed by atoms with E-state index in [4.69, 9.17) is 23.5 Å². The molecular weight excluding hydrogens is 437 g/mol. The van der Waals surface area contributed by atoms with E-state index < -0.39 is 23.9 Å². The molecule has 3 rings (SSSR count). The summed E-state index contributed by atoms with van der Waals surface area (Å²) in [6, 6.07) is 1.54. The number of aliphatic hydroxyl groups is 1. The molecule has 1 amide bonds. The van der Waals surface area contributed by atoms with Gasteiger partial charge in [0.2, 0.25) is 5.58 Å². The van der Waals surface area contributed by atoms with Gasteiger partial charge in [0.05, 0.1) is 49.7 Å². The second-order valence-corrected chi connectivity index (χ2v) is 8.46. The van der Waals surface area contributed by atoms with Crippen molar-refractivity contribution in [1.82, 2.24) is 10.5 Å². The van der Waals surface area contributed by atoms with Crippen LogP contribution in [0, 0.1) is 5.82 Å². The van der Waals surface area contributed by atoms with Crippen molar-refractivity contribution in [2.24, 2.45) is 0 Å². The number of nitrogens with zero attached hydrogens (tertiary/aromatic N) is 2. The van der Waals surface area contributed by atoms with Gasteiger partial charge in [-0.15, -0.1) is 0 Å². The number of halogens is 1. The molecule has 0 aliphatic carbocycles. The van der Waals surface area contributed by atoms with Gasteiger partial charge in [-0.1, -0.05) is 5.16 Å². The Morgan fingerprint density at radius 1 is 1.21 bits per heavy atom. The Kier molecular flexibility index (Phi) is 8.24. The molecule has 0 spiro atoms. The summed E-state index contributed by atoms with van der Waals surface area (Å²) >= 11 is 0. The van der Waals surface area contributed by atoms with Crippen LogP contribution in [0.3, 0.4) is 0 Å². The smallest absolute Gasteiger partial charge is 0.274 e. The van der Waals surface area contributed by atoms with E-state index in [1.807, 2.05) is 18.7 Å². The number of amides is 1. The normalized spacial score (nSPS) is 19.3. The van der Waals surface area contributed by atoms with E-state index in [0.717, 1.165) is 0 Å². The number of benzene rings is 1. The van der Waals surface area contributed by atoms with E-state index in [9.17, 15) is 9.90 Å². The van der Waals surface area contributed by atoms with Crippen LogP contribution in [0.5, 0.6) is 0 Å². The standard InChI is InChI=1S/C22H32FN3O7/c1-13-7-26(8-14(2)32-13)19-15(9-27)6-16-18(25-33-20(16)17(19)23)21(28)24-22(10-29-3,11-30-4)12-31-5/h6,13-14,27H,7-12H2,1-5H3,(H,24,28)/t13-,14+. The predicted octanol–water partition coefficient (Wildman–Crippen LogP) is 1.48. The van der Waals surface area contributed by atoms with Crippen LogP contribution in [0.25, 0.3) is 11.0 Å². The van der Waals surface area contributed by atoms with E-state index in [2.05, 4.69) is 10.5 Å². The van der Waals surface area contributed by atoms with Gasteiger partial charge < -0.3 is 38.8 Å². The fourth-order valence-corrected chi connectivity index (χ4v) is 4.43. The molecule has 0 unspecified atom stereocenters. The first-order chi connectivity index (χ1) is 15.8. The van der Waals surface area contributed by atoms with Gasteiger partial charge >= 0.3 is 0 Å². The molecule has 1 saturated heterocycles. The summed E-state index contributed by atoms with van der Waals surface area (Å²) < 4.78 is 42.3. The van der Waals surface area contributed by atoms with Crippen molar-refractivity contribution in [2.45, 2.75) is 38.2 Å². The van der Waals surface area contributed by atoms with Crippen molar-refractivity contribution in [3.63, 3.8) is 0 Å². The fraction of sp³-hybridized carbons (Fsp3) is 0.636. The molecule has 2 aromatic rings. The Hall–Kier alpha value is -2.31. The van der Waals surface area contributed by atoms with Crippen LogP contribution >= 0.6 is 0 Å². The number of hydrogen-bond acceptors (Lipinski definition) is 9. The molecule has 33 heavy (non-hydrogen) atoms. The number of carbonyl (C=O) groups excluding carboxylic acids is 1. The van der Waals surface area contributed by atoms with Gasteiger partial charge in [0.25, 0.3) is 5.91 Å². The molecule has 10 nitrogen and oxygen atoms in total. The van der Waals surface area contributed by atoms with E-state index in [1.165, 1.54) is 27.4 Å². The summed E-state index contributed by atoms with van der Waals surface area (Å²) in [5.74, 6) is -1.29. The van der Waals surface area contributed by atoms with Crippen LogP contribution in [0.1, 0.15) is 29.9 Å². The highest BCUT2D eigenvalue weighted by molar-refractivity contribution is 6.05.